The lowest BCUT2D eigenvalue weighted by molar-refractivity contribution is -0.384. The molecule has 3 aromatic rings. The van der Waals surface area contributed by atoms with Gasteiger partial charge in [0.25, 0.3) is 5.69 Å². The quantitative estimate of drug-likeness (QED) is 0.271. The van der Waals surface area contributed by atoms with Gasteiger partial charge in [0.2, 0.25) is 0 Å². The Hall–Kier alpha value is -3.94. The number of hydrazone groups is 1. The number of rotatable bonds is 6. The number of esters is 1. The molecule has 1 aliphatic heterocycles. The largest absolute Gasteiger partial charge is 0.463 e. The summed E-state index contributed by atoms with van der Waals surface area (Å²) in [6.45, 7) is 3.84. The number of nitrogens with zero attached hydrogens (tertiary/aromatic N) is 3. The molecule has 2 heterocycles. The van der Waals surface area contributed by atoms with Crippen LogP contribution in [0.5, 0.6) is 0 Å². The molecule has 4 rings (SSSR count). The first-order valence-corrected chi connectivity index (χ1v) is 10.0. The standard InChI is InChI=1S/C23H22N4O4/c1-3-31-23(28)11-15(2)26-22(21-13-17-7-4-5-10-19(17)24-21)14-20(25-26)16-8-6-9-18(12-16)27(29)30/h4-13,22,24H,3,14H2,1-2H3/b15-11+. The van der Waals surface area contributed by atoms with Crippen LogP contribution in [0.4, 0.5) is 5.69 Å². The summed E-state index contributed by atoms with van der Waals surface area (Å²) in [4.78, 5) is 26.2. The molecule has 1 aliphatic rings. The molecule has 1 aromatic heterocycles. The van der Waals surface area contributed by atoms with Gasteiger partial charge in [-0.1, -0.05) is 30.3 Å². The Kier molecular flexibility index (Phi) is 5.53. The number of ether oxygens (including phenoxy) is 1. The summed E-state index contributed by atoms with van der Waals surface area (Å²) in [5, 5.41) is 18.8. The number of carbonyl (C=O) groups excluding carboxylic acids is 1. The molecule has 0 amide bonds. The summed E-state index contributed by atoms with van der Waals surface area (Å²) in [7, 11) is 0. The number of non-ortho nitro benzene ring substituents is 1. The van der Waals surface area contributed by atoms with Crippen LogP contribution in [0.3, 0.4) is 0 Å². The fourth-order valence-corrected chi connectivity index (χ4v) is 3.75. The molecule has 1 N–H and O–H groups in total. The Balaban J connectivity index is 1.74. The van der Waals surface area contributed by atoms with Crippen LogP contribution in [0, 0.1) is 10.1 Å². The van der Waals surface area contributed by atoms with E-state index >= 15 is 0 Å². The van der Waals surface area contributed by atoms with E-state index in [4.69, 9.17) is 9.84 Å². The zero-order valence-corrected chi connectivity index (χ0v) is 17.2. The van der Waals surface area contributed by atoms with Crippen LogP contribution in [0.1, 0.15) is 37.6 Å². The van der Waals surface area contributed by atoms with E-state index in [0.29, 0.717) is 23.4 Å². The van der Waals surface area contributed by atoms with Gasteiger partial charge in [-0.25, -0.2) is 4.79 Å². The topological polar surface area (TPSA) is 101 Å². The van der Waals surface area contributed by atoms with E-state index in [0.717, 1.165) is 16.6 Å². The molecule has 0 bridgehead atoms. The maximum absolute atomic E-state index is 12.0. The molecular formula is C23H22N4O4. The van der Waals surface area contributed by atoms with Gasteiger partial charge in [-0.15, -0.1) is 0 Å². The van der Waals surface area contributed by atoms with Crippen molar-refractivity contribution in [1.82, 2.24) is 9.99 Å². The van der Waals surface area contributed by atoms with Crippen molar-refractivity contribution in [3.8, 4) is 0 Å². The molecular weight excluding hydrogens is 396 g/mol. The number of allylic oxidation sites excluding steroid dienone is 1. The third kappa shape index (κ3) is 4.18. The highest BCUT2D eigenvalue weighted by Crippen LogP contribution is 2.36. The first kappa shape index (κ1) is 20.3. The highest BCUT2D eigenvalue weighted by molar-refractivity contribution is 6.02. The minimum atomic E-state index is -0.436. The number of nitro groups is 1. The van der Waals surface area contributed by atoms with Crippen molar-refractivity contribution < 1.29 is 14.5 Å². The summed E-state index contributed by atoms with van der Waals surface area (Å²) in [6, 6.07) is 16.3. The van der Waals surface area contributed by atoms with Gasteiger partial charge < -0.3 is 9.72 Å². The van der Waals surface area contributed by atoms with Crippen molar-refractivity contribution in [3.63, 3.8) is 0 Å². The van der Waals surface area contributed by atoms with Gasteiger partial charge >= 0.3 is 5.97 Å². The number of nitro benzene ring substituents is 1. The molecule has 0 fully saturated rings. The molecule has 0 radical (unpaired) electrons. The lowest BCUT2D eigenvalue weighted by Gasteiger charge is -2.23. The van der Waals surface area contributed by atoms with E-state index < -0.39 is 10.9 Å². The lowest BCUT2D eigenvalue weighted by Crippen LogP contribution is -2.19. The number of carbonyl (C=O) groups is 1. The zero-order chi connectivity index (χ0) is 22.0. The molecule has 0 saturated carbocycles. The molecule has 158 valence electrons. The molecule has 1 atom stereocenters. The van der Waals surface area contributed by atoms with Gasteiger partial charge in [-0.05, 0) is 31.4 Å². The monoisotopic (exact) mass is 418 g/mol. The fraction of sp³-hybridized carbons (Fsp3) is 0.217. The Bertz CT molecular complexity index is 1180. The average molecular weight is 418 g/mol. The minimum absolute atomic E-state index is 0.0135. The first-order valence-electron chi connectivity index (χ1n) is 10.0. The summed E-state index contributed by atoms with van der Waals surface area (Å²) in [5.41, 5.74) is 3.99. The average Bonchev–Trinajstić information content (AvgIpc) is 3.38. The molecule has 0 saturated heterocycles. The number of hydrogen-bond donors (Lipinski definition) is 1. The second kappa shape index (κ2) is 8.43. The highest BCUT2D eigenvalue weighted by atomic mass is 16.6. The normalized spacial score (nSPS) is 16.5. The number of H-pyrrole nitrogens is 1. The molecule has 1 unspecified atom stereocenters. The van der Waals surface area contributed by atoms with Crippen molar-refractivity contribution in [3.05, 3.63) is 87.7 Å². The van der Waals surface area contributed by atoms with Gasteiger partial charge in [0.15, 0.2) is 0 Å². The minimum Gasteiger partial charge on any atom is -0.463 e. The van der Waals surface area contributed by atoms with Crippen molar-refractivity contribution in [2.75, 3.05) is 6.61 Å². The molecule has 2 aromatic carbocycles. The van der Waals surface area contributed by atoms with Crippen LogP contribution in [-0.2, 0) is 9.53 Å². The Morgan fingerprint density at radius 1 is 1.29 bits per heavy atom. The van der Waals surface area contributed by atoms with E-state index in [-0.39, 0.29) is 18.3 Å². The summed E-state index contributed by atoms with van der Waals surface area (Å²) in [6.07, 6.45) is 1.95. The lowest BCUT2D eigenvalue weighted by atomic mass is 10.0. The van der Waals surface area contributed by atoms with Crippen LogP contribution in [0.15, 0.2) is 71.5 Å². The van der Waals surface area contributed by atoms with Gasteiger partial charge in [-0.3, -0.25) is 15.1 Å². The number of nitrogens with one attached hydrogen (secondary N) is 1. The van der Waals surface area contributed by atoms with Gasteiger partial charge in [0.1, 0.15) is 0 Å². The van der Waals surface area contributed by atoms with Crippen LogP contribution < -0.4 is 0 Å². The summed E-state index contributed by atoms with van der Waals surface area (Å²) >= 11 is 0. The second-order valence-corrected chi connectivity index (χ2v) is 7.27. The number of aromatic nitrogens is 1. The van der Waals surface area contributed by atoms with Gasteiger partial charge in [-0.2, -0.15) is 5.10 Å². The van der Waals surface area contributed by atoms with Crippen LogP contribution >= 0.6 is 0 Å². The fourth-order valence-electron chi connectivity index (χ4n) is 3.75. The van der Waals surface area contributed by atoms with Crippen molar-refractivity contribution >= 4 is 28.3 Å². The van der Waals surface area contributed by atoms with E-state index in [1.165, 1.54) is 18.2 Å². The number of aromatic amines is 1. The van der Waals surface area contributed by atoms with Gasteiger partial charge in [0.05, 0.1) is 23.3 Å². The second-order valence-electron chi connectivity index (χ2n) is 7.27. The predicted octanol–water partition coefficient (Wildman–Crippen LogP) is 4.69. The third-order valence-corrected chi connectivity index (χ3v) is 5.19. The Morgan fingerprint density at radius 2 is 2.10 bits per heavy atom. The van der Waals surface area contributed by atoms with Crippen LogP contribution in [0.2, 0.25) is 0 Å². The van der Waals surface area contributed by atoms with Crippen molar-refractivity contribution in [2.45, 2.75) is 26.3 Å². The molecule has 8 nitrogen and oxygen atoms in total. The molecule has 0 spiro atoms. The van der Waals surface area contributed by atoms with Crippen molar-refractivity contribution in [1.29, 1.82) is 0 Å². The Morgan fingerprint density at radius 3 is 2.84 bits per heavy atom. The number of para-hydroxylation sites is 1. The number of benzene rings is 2. The molecule has 8 heteroatoms. The van der Waals surface area contributed by atoms with Crippen molar-refractivity contribution in [2.24, 2.45) is 5.10 Å². The highest BCUT2D eigenvalue weighted by Gasteiger charge is 2.31. The van der Waals surface area contributed by atoms with E-state index in [2.05, 4.69) is 11.1 Å². The maximum atomic E-state index is 12.0. The number of fused-ring (bicyclic) bond motifs is 1. The summed E-state index contributed by atoms with van der Waals surface area (Å²) < 4.78 is 5.04. The molecule has 0 aliphatic carbocycles. The smallest absolute Gasteiger partial charge is 0.332 e. The van der Waals surface area contributed by atoms with E-state index in [1.54, 1.807) is 24.9 Å². The zero-order valence-electron chi connectivity index (χ0n) is 17.2. The van der Waals surface area contributed by atoms with E-state index in [1.807, 2.05) is 30.3 Å². The van der Waals surface area contributed by atoms with Gasteiger partial charge in [0, 0.05) is 47.1 Å². The number of hydrogen-bond acceptors (Lipinski definition) is 6. The van der Waals surface area contributed by atoms with E-state index in [9.17, 15) is 14.9 Å². The SMILES string of the molecule is CCOC(=O)/C=C(\C)N1N=C(c2cccc([N+](=O)[O-])c2)CC1c1cc2ccccc2[nH]1. The maximum Gasteiger partial charge on any atom is 0.332 e. The predicted molar refractivity (Wildman–Crippen MR) is 118 cm³/mol. The molecule has 31 heavy (non-hydrogen) atoms. The third-order valence-electron chi connectivity index (χ3n) is 5.19. The first-order chi connectivity index (χ1) is 15.0. The van der Waals surface area contributed by atoms with Crippen LogP contribution in [0.25, 0.3) is 10.9 Å². The Labute approximate surface area is 179 Å². The van der Waals surface area contributed by atoms with Crippen LogP contribution in [-0.4, -0.2) is 33.2 Å². The summed E-state index contributed by atoms with van der Waals surface area (Å²) in [5.74, 6) is -0.436.